The second kappa shape index (κ2) is 8.99. The standard InChI is InChI=1S/C26H26N4O4S/c1-15-10-16(2)12-20(11-15)35(33,34)24-17(3)22(29-23(24)25(27)31)26(32)30(4)14-18-7-8-21-19(13-18)6-5-9-28-21/h5-13,29H,14H2,1-4H3,(H2,27,31). The number of H-pyrrole nitrogens is 1. The number of fused-ring (bicyclic) bond motifs is 1. The van der Waals surface area contributed by atoms with Crippen molar-refractivity contribution in [3.63, 3.8) is 0 Å². The molecule has 0 aliphatic carbocycles. The zero-order valence-corrected chi connectivity index (χ0v) is 20.7. The van der Waals surface area contributed by atoms with Crippen molar-refractivity contribution < 1.29 is 18.0 Å². The van der Waals surface area contributed by atoms with E-state index in [0.29, 0.717) is 0 Å². The number of nitrogens with two attached hydrogens (primary N) is 1. The zero-order chi connectivity index (χ0) is 25.5. The van der Waals surface area contributed by atoms with Crippen molar-refractivity contribution >= 4 is 32.6 Å². The van der Waals surface area contributed by atoms with Gasteiger partial charge in [-0.25, -0.2) is 8.42 Å². The topological polar surface area (TPSA) is 126 Å². The molecule has 0 radical (unpaired) electrons. The lowest BCUT2D eigenvalue weighted by molar-refractivity contribution is 0.0779. The number of hydrogen-bond donors (Lipinski definition) is 2. The summed E-state index contributed by atoms with van der Waals surface area (Å²) in [6.07, 6.45) is 1.71. The monoisotopic (exact) mass is 490 g/mol. The minimum atomic E-state index is -4.12. The van der Waals surface area contributed by atoms with Crippen molar-refractivity contribution in [3.05, 3.63) is 88.4 Å². The Labute approximate surface area is 203 Å². The number of carbonyl (C=O) groups excluding carboxylic acids is 2. The first-order valence-corrected chi connectivity index (χ1v) is 12.4. The van der Waals surface area contributed by atoms with Gasteiger partial charge in [-0.1, -0.05) is 18.2 Å². The van der Waals surface area contributed by atoms with Crippen LogP contribution in [-0.4, -0.2) is 42.1 Å². The van der Waals surface area contributed by atoms with Crippen LogP contribution in [0.2, 0.25) is 0 Å². The van der Waals surface area contributed by atoms with Gasteiger partial charge in [0.05, 0.1) is 10.4 Å². The Morgan fingerprint density at radius 3 is 2.34 bits per heavy atom. The molecule has 0 spiro atoms. The van der Waals surface area contributed by atoms with Crippen LogP contribution in [0.5, 0.6) is 0 Å². The van der Waals surface area contributed by atoms with Gasteiger partial charge in [-0.05, 0) is 73.4 Å². The molecule has 0 fully saturated rings. The molecule has 0 saturated carbocycles. The summed E-state index contributed by atoms with van der Waals surface area (Å²) in [5.74, 6) is -1.42. The molecule has 35 heavy (non-hydrogen) atoms. The predicted octanol–water partition coefficient (Wildman–Crippen LogP) is 3.69. The molecule has 9 heteroatoms. The summed E-state index contributed by atoms with van der Waals surface area (Å²) in [6.45, 7) is 5.35. The van der Waals surface area contributed by atoms with Crippen molar-refractivity contribution in [3.8, 4) is 0 Å². The van der Waals surface area contributed by atoms with Gasteiger partial charge >= 0.3 is 0 Å². The fourth-order valence-electron chi connectivity index (χ4n) is 4.27. The average Bonchev–Trinajstić information content (AvgIpc) is 3.16. The number of rotatable bonds is 6. The number of sulfone groups is 1. The van der Waals surface area contributed by atoms with E-state index in [1.165, 1.54) is 24.0 Å². The number of aromatic nitrogens is 2. The van der Waals surface area contributed by atoms with Gasteiger partial charge in [0, 0.05) is 25.2 Å². The van der Waals surface area contributed by atoms with Gasteiger partial charge in [-0.15, -0.1) is 0 Å². The molecule has 2 heterocycles. The van der Waals surface area contributed by atoms with E-state index in [1.807, 2.05) is 36.4 Å². The molecule has 4 aromatic rings. The van der Waals surface area contributed by atoms with Crippen LogP contribution in [0.25, 0.3) is 10.9 Å². The molecule has 180 valence electrons. The average molecular weight is 491 g/mol. The molecule has 2 amide bonds. The third-order valence-electron chi connectivity index (χ3n) is 5.86. The van der Waals surface area contributed by atoms with E-state index in [4.69, 9.17) is 5.73 Å². The summed E-state index contributed by atoms with van der Waals surface area (Å²) in [5, 5.41) is 0.944. The number of benzene rings is 2. The SMILES string of the molecule is Cc1cc(C)cc(S(=O)(=O)c2c(C(N)=O)[nH]c(C(=O)N(C)Cc3ccc4ncccc4c3)c2C)c1. The van der Waals surface area contributed by atoms with E-state index in [1.54, 1.807) is 27.1 Å². The van der Waals surface area contributed by atoms with Crippen molar-refractivity contribution in [1.29, 1.82) is 0 Å². The quantitative estimate of drug-likeness (QED) is 0.426. The number of aromatic amines is 1. The van der Waals surface area contributed by atoms with Crippen LogP contribution in [0.4, 0.5) is 0 Å². The highest BCUT2D eigenvalue weighted by Gasteiger charge is 2.32. The van der Waals surface area contributed by atoms with E-state index in [0.717, 1.165) is 27.6 Å². The van der Waals surface area contributed by atoms with Crippen LogP contribution >= 0.6 is 0 Å². The molecule has 4 rings (SSSR count). The molecule has 0 aliphatic rings. The van der Waals surface area contributed by atoms with Gasteiger partial charge < -0.3 is 15.6 Å². The minimum absolute atomic E-state index is 0.00621. The Kier molecular flexibility index (Phi) is 6.21. The first-order valence-electron chi connectivity index (χ1n) is 10.9. The van der Waals surface area contributed by atoms with Gasteiger partial charge in [-0.2, -0.15) is 0 Å². The number of nitrogens with one attached hydrogen (secondary N) is 1. The Morgan fingerprint density at radius 2 is 1.69 bits per heavy atom. The molecule has 0 unspecified atom stereocenters. The zero-order valence-electron chi connectivity index (χ0n) is 19.9. The summed E-state index contributed by atoms with van der Waals surface area (Å²) < 4.78 is 27.1. The molecule has 0 atom stereocenters. The maximum absolute atomic E-state index is 13.5. The second-order valence-electron chi connectivity index (χ2n) is 8.71. The molecular formula is C26H26N4O4S. The smallest absolute Gasteiger partial charge is 0.270 e. The van der Waals surface area contributed by atoms with Crippen LogP contribution in [0.1, 0.15) is 43.2 Å². The van der Waals surface area contributed by atoms with Gasteiger partial charge in [0.15, 0.2) is 0 Å². The van der Waals surface area contributed by atoms with Gasteiger partial charge in [0.1, 0.15) is 16.3 Å². The number of pyridine rings is 1. The maximum atomic E-state index is 13.5. The first-order chi connectivity index (χ1) is 16.5. The van der Waals surface area contributed by atoms with E-state index < -0.39 is 21.7 Å². The van der Waals surface area contributed by atoms with Gasteiger partial charge in [0.25, 0.3) is 11.8 Å². The first kappa shape index (κ1) is 24.2. The number of nitrogens with zero attached hydrogens (tertiary/aromatic N) is 2. The van der Waals surface area contributed by atoms with E-state index in [2.05, 4.69) is 9.97 Å². The summed E-state index contributed by atoms with van der Waals surface area (Å²) >= 11 is 0. The van der Waals surface area contributed by atoms with Gasteiger partial charge in [-0.3, -0.25) is 14.6 Å². The lowest BCUT2D eigenvalue weighted by Crippen LogP contribution is -2.27. The van der Waals surface area contributed by atoms with Crippen molar-refractivity contribution in [2.24, 2.45) is 5.73 Å². The summed E-state index contributed by atoms with van der Waals surface area (Å²) in [5.41, 5.74) is 8.61. The largest absolute Gasteiger partial charge is 0.364 e. The fourth-order valence-corrected chi connectivity index (χ4v) is 6.11. The maximum Gasteiger partial charge on any atom is 0.270 e. The van der Waals surface area contributed by atoms with E-state index in [9.17, 15) is 18.0 Å². The Bertz CT molecular complexity index is 1570. The van der Waals surface area contributed by atoms with Crippen LogP contribution in [0, 0.1) is 20.8 Å². The molecule has 2 aromatic heterocycles. The Morgan fingerprint density at radius 1 is 1.00 bits per heavy atom. The molecule has 0 saturated heterocycles. The highest BCUT2D eigenvalue weighted by atomic mass is 32.2. The van der Waals surface area contributed by atoms with Crippen molar-refractivity contribution in [2.45, 2.75) is 37.1 Å². The van der Waals surface area contributed by atoms with Crippen LogP contribution in [0.15, 0.2) is 64.5 Å². The fraction of sp³-hybridized carbons (Fsp3) is 0.192. The van der Waals surface area contributed by atoms with Crippen LogP contribution in [0.3, 0.4) is 0 Å². The van der Waals surface area contributed by atoms with Gasteiger partial charge in [0.2, 0.25) is 9.84 Å². The highest BCUT2D eigenvalue weighted by Crippen LogP contribution is 2.31. The third kappa shape index (κ3) is 4.54. The van der Waals surface area contributed by atoms with Crippen molar-refractivity contribution in [1.82, 2.24) is 14.9 Å². The van der Waals surface area contributed by atoms with Crippen LogP contribution < -0.4 is 5.73 Å². The van der Waals surface area contributed by atoms with Crippen molar-refractivity contribution in [2.75, 3.05) is 7.05 Å². The molecule has 2 aromatic carbocycles. The number of carbonyl (C=O) groups is 2. The number of primary amides is 1. The Balaban J connectivity index is 1.72. The number of aryl methyl sites for hydroxylation is 2. The van der Waals surface area contributed by atoms with E-state index >= 15 is 0 Å². The lowest BCUT2D eigenvalue weighted by Gasteiger charge is -2.17. The Hall–Kier alpha value is -3.98. The molecule has 8 nitrogen and oxygen atoms in total. The second-order valence-corrected chi connectivity index (χ2v) is 10.6. The summed E-state index contributed by atoms with van der Waals surface area (Å²) in [4.78, 5) is 33.7. The van der Waals surface area contributed by atoms with Crippen LogP contribution in [-0.2, 0) is 16.4 Å². The third-order valence-corrected chi connectivity index (χ3v) is 7.77. The summed E-state index contributed by atoms with van der Waals surface area (Å²) in [7, 11) is -2.51. The molecule has 0 bridgehead atoms. The number of amides is 2. The molecule has 0 aliphatic heterocycles. The predicted molar refractivity (Wildman–Crippen MR) is 133 cm³/mol. The number of hydrogen-bond acceptors (Lipinski definition) is 5. The highest BCUT2D eigenvalue weighted by molar-refractivity contribution is 7.91. The molecular weight excluding hydrogens is 464 g/mol. The minimum Gasteiger partial charge on any atom is -0.364 e. The summed E-state index contributed by atoms with van der Waals surface area (Å²) in [6, 6.07) is 14.4. The van der Waals surface area contributed by atoms with E-state index in [-0.39, 0.29) is 33.3 Å². The molecule has 3 N–H and O–H groups in total. The normalized spacial score (nSPS) is 11.5. The lowest BCUT2D eigenvalue weighted by atomic mass is 10.1.